The molecular weight excluding hydrogens is 293 g/mol. The minimum absolute atomic E-state index is 0.356. The fourth-order valence-corrected chi connectivity index (χ4v) is 2.28. The van der Waals surface area contributed by atoms with Crippen molar-refractivity contribution in [2.45, 2.75) is 6.92 Å². The molecule has 3 rings (SSSR count). The van der Waals surface area contributed by atoms with E-state index in [9.17, 15) is 4.39 Å². The van der Waals surface area contributed by atoms with Crippen LogP contribution in [-0.2, 0) is 0 Å². The molecular formula is C14H11ClFN5. The Morgan fingerprint density at radius 2 is 2.00 bits per heavy atom. The van der Waals surface area contributed by atoms with Crippen molar-refractivity contribution in [2.24, 2.45) is 0 Å². The van der Waals surface area contributed by atoms with Crippen LogP contribution in [0.25, 0.3) is 17.1 Å². The minimum Gasteiger partial charge on any atom is -0.399 e. The molecule has 0 atom stereocenters. The van der Waals surface area contributed by atoms with Gasteiger partial charge in [-0.3, -0.25) is 0 Å². The van der Waals surface area contributed by atoms with Crippen LogP contribution < -0.4 is 5.73 Å². The van der Waals surface area contributed by atoms with Crippen LogP contribution in [0, 0.1) is 12.7 Å². The van der Waals surface area contributed by atoms with Crippen molar-refractivity contribution in [3.8, 4) is 17.1 Å². The Kier molecular flexibility index (Phi) is 3.31. The second-order valence-corrected chi connectivity index (χ2v) is 5.05. The molecule has 2 N–H and O–H groups in total. The molecule has 0 unspecified atom stereocenters. The molecule has 7 heteroatoms. The number of hydrogen-bond acceptors (Lipinski definition) is 4. The number of nitrogens with two attached hydrogens (primary N) is 1. The Balaban J connectivity index is 2.19. The van der Waals surface area contributed by atoms with E-state index < -0.39 is 0 Å². The fourth-order valence-electron chi connectivity index (χ4n) is 2.08. The Bertz CT molecular complexity index is 795. The summed E-state index contributed by atoms with van der Waals surface area (Å²) < 4.78 is 15.0. The number of benzene rings is 2. The van der Waals surface area contributed by atoms with E-state index in [1.807, 2.05) is 0 Å². The van der Waals surface area contributed by atoms with Gasteiger partial charge < -0.3 is 5.73 Å². The predicted molar refractivity (Wildman–Crippen MR) is 78.7 cm³/mol. The van der Waals surface area contributed by atoms with Gasteiger partial charge in [0.1, 0.15) is 5.82 Å². The smallest absolute Gasteiger partial charge is 0.188 e. The Labute approximate surface area is 125 Å². The zero-order valence-corrected chi connectivity index (χ0v) is 11.8. The summed E-state index contributed by atoms with van der Waals surface area (Å²) in [5.74, 6) is 0.0439. The third kappa shape index (κ3) is 2.57. The molecule has 106 valence electrons. The summed E-state index contributed by atoms with van der Waals surface area (Å²) >= 11 is 6.17. The lowest BCUT2D eigenvalue weighted by molar-refractivity contribution is 0.623. The standard InChI is InChI=1S/C14H11ClFN5/c1-8-4-9(16)6-11(5-8)21-14(18-19-20-21)12-7-10(17)2-3-13(12)15/h2-7H,17H2,1H3. The van der Waals surface area contributed by atoms with Crippen molar-refractivity contribution in [3.05, 3.63) is 52.8 Å². The summed E-state index contributed by atoms with van der Waals surface area (Å²) in [5, 5.41) is 12.0. The number of nitrogen functional groups attached to an aromatic ring is 1. The molecule has 1 heterocycles. The van der Waals surface area contributed by atoms with Crippen LogP contribution in [0.5, 0.6) is 0 Å². The number of aromatic nitrogens is 4. The van der Waals surface area contributed by atoms with Gasteiger partial charge in [-0.25, -0.2) is 4.39 Å². The summed E-state index contributed by atoms with van der Waals surface area (Å²) in [7, 11) is 0. The van der Waals surface area contributed by atoms with Gasteiger partial charge in [-0.05, 0) is 59.3 Å². The number of halogens is 2. The number of tetrazole rings is 1. The van der Waals surface area contributed by atoms with E-state index in [1.54, 1.807) is 31.2 Å². The zero-order valence-electron chi connectivity index (χ0n) is 11.1. The highest BCUT2D eigenvalue weighted by Crippen LogP contribution is 2.29. The molecule has 3 aromatic rings. The molecule has 0 fully saturated rings. The molecule has 0 saturated carbocycles. The van der Waals surface area contributed by atoms with E-state index in [2.05, 4.69) is 15.5 Å². The highest BCUT2D eigenvalue weighted by molar-refractivity contribution is 6.33. The summed E-state index contributed by atoms with van der Waals surface area (Å²) in [5.41, 5.74) is 8.19. The minimum atomic E-state index is -0.356. The lowest BCUT2D eigenvalue weighted by atomic mass is 10.1. The van der Waals surface area contributed by atoms with Gasteiger partial charge in [0.15, 0.2) is 5.82 Å². The first-order chi connectivity index (χ1) is 10.0. The van der Waals surface area contributed by atoms with Gasteiger partial charge in [-0.1, -0.05) is 11.6 Å². The molecule has 1 aromatic heterocycles. The van der Waals surface area contributed by atoms with Crippen LogP contribution >= 0.6 is 11.6 Å². The number of rotatable bonds is 2. The van der Waals surface area contributed by atoms with Crippen LogP contribution in [0.4, 0.5) is 10.1 Å². The maximum atomic E-state index is 13.6. The maximum Gasteiger partial charge on any atom is 0.188 e. The van der Waals surface area contributed by atoms with E-state index in [-0.39, 0.29) is 5.82 Å². The van der Waals surface area contributed by atoms with E-state index in [0.29, 0.717) is 27.8 Å². The van der Waals surface area contributed by atoms with E-state index in [0.717, 1.165) is 5.56 Å². The van der Waals surface area contributed by atoms with Crippen molar-refractivity contribution in [2.75, 3.05) is 5.73 Å². The van der Waals surface area contributed by atoms with Crippen LogP contribution in [-0.4, -0.2) is 20.2 Å². The van der Waals surface area contributed by atoms with Crippen molar-refractivity contribution in [3.63, 3.8) is 0 Å². The van der Waals surface area contributed by atoms with Crippen molar-refractivity contribution in [1.82, 2.24) is 20.2 Å². The molecule has 2 aromatic carbocycles. The Hall–Kier alpha value is -2.47. The summed E-state index contributed by atoms with van der Waals surface area (Å²) in [6.07, 6.45) is 0. The first-order valence-electron chi connectivity index (χ1n) is 6.16. The lowest BCUT2D eigenvalue weighted by Crippen LogP contribution is -2.02. The summed E-state index contributed by atoms with van der Waals surface area (Å²) in [4.78, 5) is 0. The first-order valence-corrected chi connectivity index (χ1v) is 6.54. The van der Waals surface area contributed by atoms with E-state index >= 15 is 0 Å². The number of hydrogen-bond donors (Lipinski definition) is 1. The summed E-state index contributed by atoms with van der Waals surface area (Å²) in [6.45, 7) is 1.80. The second-order valence-electron chi connectivity index (χ2n) is 4.64. The maximum absolute atomic E-state index is 13.6. The van der Waals surface area contributed by atoms with Crippen LogP contribution in [0.3, 0.4) is 0 Å². The highest BCUT2D eigenvalue weighted by atomic mass is 35.5. The molecule has 0 bridgehead atoms. The highest BCUT2D eigenvalue weighted by Gasteiger charge is 2.15. The first kappa shape index (κ1) is 13.5. The fraction of sp³-hybridized carbons (Fsp3) is 0.0714. The molecule has 0 aliphatic rings. The average molecular weight is 304 g/mol. The second kappa shape index (κ2) is 5.14. The van der Waals surface area contributed by atoms with Gasteiger partial charge in [0.25, 0.3) is 0 Å². The normalized spacial score (nSPS) is 10.8. The third-order valence-electron chi connectivity index (χ3n) is 2.97. The molecule has 0 amide bonds. The SMILES string of the molecule is Cc1cc(F)cc(-n2nnnc2-c2cc(N)ccc2Cl)c1. The quantitative estimate of drug-likeness (QED) is 0.739. The molecule has 0 aliphatic carbocycles. The predicted octanol–water partition coefficient (Wildman–Crippen LogP) is 3.01. The number of nitrogens with zero attached hydrogens (tertiary/aromatic N) is 4. The van der Waals surface area contributed by atoms with Crippen molar-refractivity contribution in [1.29, 1.82) is 0 Å². The molecule has 5 nitrogen and oxygen atoms in total. The number of aryl methyl sites for hydroxylation is 1. The average Bonchev–Trinajstić information content (AvgIpc) is 2.89. The Morgan fingerprint density at radius 1 is 1.19 bits per heavy atom. The van der Waals surface area contributed by atoms with Gasteiger partial charge >= 0.3 is 0 Å². The van der Waals surface area contributed by atoms with Gasteiger partial charge in [0.2, 0.25) is 0 Å². The molecule has 0 radical (unpaired) electrons. The lowest BCUT2D eigenvalue weighted by Gasteiger charge is -2.08. The van der Waals surface area contributed by atoms with Gasteiger partial charge in [0.05, 0.1) is 10.7 Å². The van der Waals surface area contributed by atoms with Crippen molar-refractivity contribution >= 4 is 17.3 Å². The van der Waals surface area contributed by atoms with Crippen LogP contribution in [0.15, 0.2) is 36.4 Å². The molecule has 0 aliphatic heterocycles. The molecule has 21 heavy (non-hydrogen) atoms. The van der Waals surface area contributed by atoms with Gasteiger partial charge in [-0.2, -0.15) is 4.68 Å². The monoisotopic (exact) mass is 303 g/mol. The zero-order chi connectivity index (χ0) is 15.0. The van der Waals surface area contributed by atoms with Gasteiger partial charge in [0, 0.05) is 11.3 Å². The topological polar surface area (TPSA) is 69.6 Å². The van der Waals surface area contributed by atoms with Crippen molar-refractivity contribution < 1.29 is 4.39 Å². The Morgan fingerprint density at radius 3 is 2.76 bits per heavy atom. The molecule has 0 saturated heterocycles. The molecule has 0 spiro atoms. The summed E-state index contributed by atoms with van der Waals surface area (Å²) in [6, 6.07) is 9.60. The largest absolute Gasteiger partial charge is 0.399 e. The third-order valence-corrected chi connectivity index (χ3v) is 3.30. The van der Waals surface area contributed by atoms with Crippen LogP contribution in [0.2, 0.25) is 5.02 Å². The van der Waals surface area contributed by atoms with E-state index in [4.69, 9.17) is 17.3 Å². The number of anilines is 1. The van der Waals surface area contributed by atoms with Gasteiger partial charge in [-0.15, -0.1) is 5.10 Å². The van der Waals surface area contributed by atoms with E-state index in [1.165, 1.54) is 16.8 Å². The van der Waals surface area contributed by atoms with Crippen LogP contribution in [0.1, 0.15) is 5.56 Å².